The molecule has 0 unspecified atom stereocenters. The first-order chi connectivity index (χ1) is 7.33. The Labute approximate surface area is 94.7 Å². The van der Waals surface area contributed by atoms with Gasteiger partial charge in [-0.15, -0.1) is 11.8 Å². The number of hydrogen-bond acceptors (Lipinski definition) is 3. The first-order valence-corrected chi connectivity index (χ1v) is 6.11. The van der Waals surface area contributed by atoms with E-state index in [-0.39, 0.29) is 5.91 Å². The van der Waals surface area contributed by atoms with Crippen LogP contribution in [0, 0.1) is 0 Å². The molecule has 0 atom stereocenters. The summed E-state index contributed by atoms with van der Waals surface area (Å²) in [5, 5.41) is 2.85. The minimum atomic E-state index is 0.126. The van der Waals surface area contributed by atoms with E-state index in [0.29, 0.717) is 6.42 Å². The molecule has 0 radical (unpaired) electrons. The summed E-state index contributed by atoms with van der Waals surface area (Å²) in [7, 11) is 0. The molecule has 1 heterocycles. The maximum absolute atomic E-state index is 10.9. The van der Waals surface area contributed by atoms with E-state index in [1.807, 2.05) is 25.3 Å². The van der Waals surface area contributed by atoms with Crippen LogP contribution < -0.4 is 5.32 Å². The normalized spacial score (nSPS) is 9.93. The van der Waals surface area contributed by atoms with Crippen LogP contribution in [0.1, 0.15) is 19.8 Å². The molecule has 0 aromatic carbocycles. The minimum Gasteiger partial charge on any atom is -0.356 e. The molecule has 15 heavy (non-hydrogen) atoms. The summed E-state index contributed by atoms with van der Waals surface area (Å²) in [5.41, 5.74) is 0. The summed E-state index contributed by atoms with van der Waals surface area (Å²) in [4.78, 5) is 16.1. The lowest BCUT2D eigenvalue weighted by atomic mass is 10.4. The molecule has 0 spiro atoms. The van der Waals surface area contributed by atoms with Crippen molar-refractivity contribution in [3.05, 3.63) is 24.5 Å². The highest BCUT2D eigenvalue weighted by Gasteiger charge is 1.96. The van der Waals surface area contributed by atoms with E-state index in [1.54, 1.807) is 18.0 Å². The Balaban J connectivity index is 2.05. The highest BCUT2D eigenvalue weighted by atomic mass is 32.2. The highest BCUT2D eigenvalue weighted by molar-refractivity contribution is 7.99. The number of hydrogen-bond donors (Lipinski definition) is 1. The SMILES string of the molecule is CCC(=O)NCCCSc1cccnc1. The van der Waals surface area contributed by atoms with Crippen LogP contribution in [0.4, 0.5) is 0 Å². The van der Waals surface area contributed by atoms with Crippen LogP contribution in [0.2, 0.25) is 0 Å². The molecule has 1 amide bonds. The van der Waals surface area contributed by atoms with Gasteiger partial charge in [-0.1, -0.05) is 6.92 Å². The third-order valence-corrected chi connectivity index (χ3v) is 2.94. The number of carbonyl (C=O) groups excluding carboxylic acids is 1. The van der Waals surface area contributed by atoms with E-state index < -0.39 is 0 Å². The molecule has 1 aromatic rings. The maximum Gasteiger partial charge on any atom is 0.219 e. The molecule has 1 rings (SSSR count). The molecule has 0 fully saturated rings. The van der Waals surface area contributed by atoms with Gasteiger partial charge in [0.25, 0.3) is 0 Å². The van der Waals surface area contributed by atoms with Gasteiger partial charge in [0, 0.05) is 30.3 Å². The highest BCUT2D eigenvalue weighted by Crippen LogP contribution is 2.16. The lowest BCUT2D eigenvalue weighted by molar-refractivity contribution is -0.120. The summed E-state index contributed by atoms with van der Waals surface area (Å²) >= 11 is 1.77. The van der Waals surface area contributed by atoms with E-state index in [0.717, 1.165) is 18.7 Å². The molecule has 1 N–H and O–H groups in total. The molecule has 0 aliphatic carbocycles. The first kappa shape index (κ1) is 12.0. The van der Waals surface area contributed by atoms with Gasteiger partial charge >= 0.3 is 0 Å². The van der Waals surface area contributed by atoms with Gasteiger partial charge in [-0.05, 0) is 24.3 Å². The fourth-order valence-electron chi connectivity index (χ4n) is 1.05. The van der Waals surface area contributed by atoms with Crippen LogP contribution >= 0.6 is 11.8 Å². The van der Waals surface area contributed by atoms with Crippen molar-refractivity contribution in [2.45, 2.75) is 24.7 Å². The standard InChI is InChI=1S/C11H16N2OS/c1-2-11(14)13-7-4-8-15-10-5-3-6-12-9-10/h3,5-6,9H,2,4,7-8H2,1H3,(H,13,14). The Morgan fingerprint density at radius 1 is 1.60 bits per heavy atom. The summed E-state index contributed by atoms with van der Waals surface area (Å²) in [6.45, 7) is 2.62. The van der Waals surface area contributed by atoms with Gasteiger partial charge < -0.3 is 5.32 Å². The van der Waals surface area contributed by atoms with Crippen molar-refractivity contribution >= 4 is 17.7 Å². The molecule has 0 bridgehead atoms. The molecular formula is C11H16N2OS. The maximum atomic E-state index is 10.9. The van der Waals surface area contributed by atoms with Crippen molar-refractivity contribution in [3.63, 3.8) is 0 Å². The van der Waals surface area contributed by atoms with E-state index in [4.69, 9.17) is 0 Å². The Morgan fingerprint density at radius 2 is 2.47 bits per heavy atom. The van der Waals surface area contributed by atoms with E-state index in [2.05, 4.69) is 10.3 Å². The number of nitrogens with zero attached hydrogens (tertiary/aromatic N) is 1. The number of thioether (sulfide) groups is 1. The monoisotopic (exact) mass is 224 g/mol. The first-order valence-electron chi connectivity index (χ1n) is 5.12. The molecule has 0 aliphatic rings. The predicted octanol–water partition coefficient (Wildman–Crippen LogP) is 2.09. The van der Waals surface area contributed by atoms with Crippen molar-refractivity contribution in [1.82, 2.24) is 10.3 Å². The van der Waals surface area contributed by atoms with Crippen LogP contribution in [-0.4, -0.2) is 23.2 Å². The molecule has 82 valence electrons. The zero-order chi connectivity index (χ0) is 10.9. The van der Waals surface area contributed by atoms with Crippen LogP contribution in [-0.2, 0) is 4.79 Å². The number of amides is 1. The second-order valence-electron chi connectivity index (χ2n) is 3.09. The van der Waals surface area contributed by atoms with Gasteiger partial charge in [0.1, 0.15) is 0 Å². The van der Waals surface area contributed by atoms with Crippen molar-refractivity contribution in [2.24, 2.45) is 0 Å². The van der Waals surface area contributed by atoms with Crippen LogP contribution in [0.15, 0.2) is 29.4 Å². The average molecular weight is 224 g/mol. The largest absolute Gasteiger partial charge is 0.356 e. The van der Waals surface area contributed by atoms with E-state index >= 15 is 0 Å². The average Bonchev–Trinajstić information content (AvgIpc) is 2.29. The van der Waals surface area contributed by atoms with Gasteiger partial charge in [0.15, 0.2) is 0 Å². The predicted molar refractivity (Wildman–Crippen MR) is 62.9 cm³/mol. The van der Waals surface area contributed by atoms with Gasteiger partial charge in [-0.25, -0.2) is 0 Å². The molecule has 1 aromatic heterocycles. The molecule has 0 saturated carbocycles. The lowest BCUT2D eigenvalue weighted by Gasteiger charge is -2.03. The summed E-state index contributed by atoms with van der Waals surface area (Å²) in [6, 6.07) is 3.98. The molecule has 0 aliphatic heterocycles. The Bertz CT molecular complexity index is 290. The third-order valence-electron chi connectivity index (χ3n) is 1.87. The van der Waals surface area contributed by atoms with Gasteiger partial charge in [0.2, 0.25) is 5.91 Å². The number of aromatic nitrogens is 1. The van der Waals surface area contributed by atoms with E-state index in [9.17, 15) is 4.79 Å². The second-order valence-corrected chi connectivity index (χ2v) is 4.26. The lowest BCUT2D eigenvalue weighted by Crippen LogP contribution is -2.23. The van der Waals surface area contributed by atoms with Crippen LogP contribution in [0.3, 0.4) is 0 Å². The van der Waals surface area contributed by atoms with Gasteiger partial charge in [-0.2, -0.15) is 0 Å². The number of nitrogens with one attached hydrogen (secondary N) is 1. The topological polar surface area (TPSA) is 42.0 Å². The zero-order valence-corrected chi connectivity index (χ0v) is 9.72. The molecule has 4 heteroatoms. The Hall–Kier alpha value is -1.03. The third kappa shape index (κ3) is 5.42. The molecular weight excluding hydrogens is 208 g/mol. The second kappa shape index (κ2) is 7.29. The smallest absolute Gasteiger partial charge is 0.219 e. The fraction of sp³-hybridized carbons (Fsp3) is 0.455. The van der Waals surface area contributed by atoms with E-state index in [1.165, 1.54) is 4.90 Å². The Kier molecular flexibility index (Phi) is 5.85. The molecule has 3 nitrogen and oxygen atoms in total. The Morgan fingerprint density at radius 3 is 3.13 bits per heavy atom. The van der Waals surface area contributed by atoms with Gasteiger partial charge in [0.05, 0.1) is 0 Å². The summed E-state index contributed by atoms with van der Waals surface area (Å²) in [6.07, 6.45) is 5.18. The fourth-order valence-corrected chi connectivity index (χ4v) is 1.88. The number of carbonyl (C=O) groups is 1. The summed E-state index contributed by atoms with van der Waals surface area (Å²) < 4.78 is 0. The minimum absolute atomic E-state index is 0.126. The number of rotatable bonds is 6. The van der Waals surface area contributed by atoms with Crippen molar-refractivity contribution in [3.8, 4) is 0 Å². The number of pyridine rings is 1. The quantitative estimate of drug-likeness (QED) is 0.594. The van der Waals surface area contributed by atoms with Crippen molar-refractivity contribution in [1.29, 1.82) is 0 Å². The molecule has 0 saturated heterocycles. The van der Waals surface area contributed by atoms with Crippen LogP contribution in [0.25, 0.3) is 0 Å². The van der Waals surface area contributed by atoms with Crippen molar-refractivity contribution < 1.29 is 4.79 Å². The summed E-state index contributed by atoms with van der Waals surface area (Å²) in [5.74, 6) is 1.14. The van der Waals surface area contributed by atoms with Crippen LogP contribution in [0.5, 0.6) is 0 Å². The zero-order valence-electron chi connectivity index (χ0n) is 8.90. The van der Waals surface area contributed by atoms with Crippen molar-refractivity contribution in [2.75, 3.05) is 12.3 Å². The van der Waals surface area contributed by atoms with Gasteiger partial charge in [-0.3, -0.25) is 9.78 Å².